The summed E-state index contributed by atoms with van der Waals surface area (Å²) in [6.45, 7) is 8.17. The lowest BCUT2D eigenvalue weighted by atomic mass is 9.93. The summed E-state index contributed by atoms with van der Waals surface area (Å²) in [5, 5.41) is 4.01. The lowest BCUT2D eigenvalue weighted by molar-refractivity contribution is -0.0221. The molecule has 2 rings (SSSR count). The van der Waals surface area contributed by atoms with Crippen molar-refractivity contribution >= 4 is 0 Å². The molecule has 0 aliphatic carbocycles. The minimum absolute atomic E-state index is 0.381. The largest absolute Gasteiger partial charge is 0.368 e. The van der Waals surface area contributed by atoms with E-state index in [9.17, 15) is 0 Å². The molecule has 1 aromatic carbocycles. The quantitative estimate of drug-likeness (QED) is 0.907. The van der Waals surface area contributed by atoms with E-state index in [2.05, 4.69) is 10.1 Å². The van der Waals surface area contributed by atoms with Crippen LogP contribution in [0.2, 0.25) is 0 Å². The number of nitrogens with two attached hydrogens (primary N) is 1. The van der Waals surface area contributed by atoms with Gasteiger partial charge in [0.2, 0.25) is 5.82 Å². The monoisotopic (exact) mass is 275 g/mol. The molecule has 1 heterocycles. The van der Waals surface area contributed by atoms with Crippen LogP contribution in [-0.4, -0.2) is 16.7 Å². The Balaban J connectivity index is 2.33. The van der Waals surface area contributed by atoms with Crippen LogP contribution in [0.3, 0.4) is 0 Å². The van der Waals surface area contributed by atoms with Crippen molar-refractivity contribution in [2.75, 3.05) is 6.61 Å². The highest BCUT2D eigenvalue weighted by molar-refractivity contribution is 5.29. The topological polar surface area (TPSA) is 74.2 Å². The van der Waals surface area contributed by atoms with Crippen LogP contribution in [-0.2, 0) is 15.9 Å². The van der Waals surface area contributed by atoms with Crippen molar-refractivity contribution in [3.05, 3.63) is 47.6 Å². The van der Waals surface area contributed by atoms with Crippen LogP contribution in [0, 0.1) is 0 Å². The maximum absolute atomic E-state index is 6.35. The Kier molecular flexibility index (Phi) is 3.92. The van der Waals surface area contributed by atoms with Gasteiger partial charge in [0.1, 0.15) is 11.1 Å². The Labute approximate surface area is 119 Å². The van der Waals surface area contributed by atoms with E-state index in [4.69, 9.17) is 15.0 Å². The third-order valence-corrected chi connectivity index (χ3v) is 3.29. The van der Waals surface area contributed by atoms with Gasteiger partial charge < -0.3 is 15.0 Å². The van der Waals surface area contributed by atoms with Crippen molar-refractivity contribution in [1.82, 2.24) is 10.1 Å². The average molecular weight is 275 g/mol. The molecule has 0 saturated heterocycles. The first-order chi connectivity index (χ1) is 9.38. The summed E-state index contributed by atoms with van der Waals surface area (Å²) in [4.78, 5) is 4.42. The van der Waals surface area contributed by atoms with Gasteiger partial charge in [-0.25, -0.2) is 0 Å². The number of benzene rings is 1. The fraction of sp³-hybridized carbons (Fsp3) is 0.467. The molecule has 1 atom stereocenters. The summed E-state index contributed by atoms with van der Waals surface area (Å²) in [6.07, 6.45) is 0. The van der Waals surface area contributed by atoms with Crippen LogP contribution in [0.4, 0.5) is 0 Å². The molecule has 1 unspecified atom stereocenters. The lowest BCUT2D eigenvalue weighted by Gasteiger charge is -2.21. The third-order valence-electron chi connectivity index (χ3n) is 3.29. The van der Waals surface area contributed by atoms with Crippen LogP contribution in [0.1, 0.15) is 45.0 Å². The van der Waals surface area contributed by atoms with Crippen LogP contribution in [0.25, 0.3) is 0 Å². The van der Waals surface area contributed by atoms with Crippen molar-refractivity contribution in [2.45, 2.75) is 38.8 Å². The number of hydrogen-bond donors (Lipinski definition) is 1. The van der Waals surface area contributed by atoms with Gasteiger partial charge in [0.05, 0.1) is 0 Å². The molecule has 0 amide bonds. The lowest BCUT2D eigenvalue weighted by Crippen LogP contribution is -2.35. The highest BCUT2D eigenvalue weighted by Crippen LogP contribution is 2.28. The summed E-state index contributed by atoms with van der Waals surface area (Å²) in [7, 11) is 0. The van der Waals surface area contributed by atoms with Crippen LogP contribution in [0.5, 0.6) is 0 Å². The molecule has 5 heteroatoms. The van der Waals surface area contributed by atoms with E-state index in [0.717, 1.165) is 5.56 Å². The van der Waals surface area contributed by atoms with Gasteiger partial charge in [-0.15, -0.1) is 0 Å². The molecular formula is C15H21N3O2. The van der Waals surface area contributed by atoms with E-state index < -0.39 is 11.1 Å². The second-order valence-electron chi connectivity index (χ2n) is 5.43. The predicted octanol–water partition coefficient (Wildman–Crippen LogP) is 2.56. The van der Waals surface area contributed by atoms with Gasteiger partial charge in [0.25, 0.3) is 5.89 Å². The van der Waals surface area contributed by atoms with Gasteiger partial charge in [-0.1, -0.05) is 35.5 Å². The van der Waals surface area contributed by atoms with E-state index in [1.54, 1.807) is 0 Å². The number of ether oxygens (including phenoxy) is 1. The zero-order valence-electron chi connectivity index (χ0n) is 12.4. The number of hydrogen-bond acceptors (Lipinski definition) is 5. The molecular weight excluding hydrogens is 254 g/mol. The molecule has 2 N–H and O–H groups in total. The number of nitrogens with zero attached hydrogens (tertiary/aromatic N) is 2. The Morgan fingerprint density at radius 3 is 2.45 bits per heavy atom. The molecule has 0 fully saturated rings. The van der Waals surface area contributed by atoms with Gasteiger partial charge in [-0.2, -0.15) is 4.98 Å². The molecule has 20 heavy (non-hydrogen) atoms. The Hall–Kier alpha value is -1.72. The molecule has 2 aromatic rings. The minimum Gasteiger partial charge on any atom is -0.368 e. The van der Waals surface area contributed by atoms with E-state index >= 15 is 0 Å². The summed E-state index contributed by atoms with van der Waals surface area (Å²) in [5.74, 6) is 0.883. The Morgan fingerprint density at radius 2 is 1.85 bits per heavy atom. The van der Waals surface area contributed by atoms with E-state index in [-0.39, 0.29) is 0 Å². The fourth-order valence-corrected chi connectivity index (χ4v) is 2.01. The molecule has 0 bridgehead atoms. The van der Waals surface area contributed by atoms with Crippen molar-refractivity contribution in [2.24, 2.45) is 5.73 Å². The first kappa shape index (κ1) is 14.7. The first-order valence-electron chi connectivity index (χ1n) is 6.71. The highest BCUT2D eigenvalue weighted by Gasteiger charge is 2.34. The predicted molar refractivity (Wildman–Crippen MR) is 76.0 cm³/mol. The van der Waals surface area contributed by atoms with Crippen LogP contribution >= 0.6 is 0 Å². The smallest absolute Gasteiger partial charge is 0.251 e. The maximum Gasteiger partial charge on any atom is 0.251 e. The SMILES string of the molecule is CCOC(C)(C)c1noc(C(C)(N)c2ccccc2)n1. The molecule has 0 aliphatic heterocycles. The number of rotatable bonds is 5. The Bertz CT molecular complexity index is 562. The van der Waals surface area contributed by atoms with E-state index in [1.807, 2.05) is 58.0 Å². The standard InChI is InChI=1S/C15H21N3O2/c1-5-19-14(2,3)12-17-13(20-18-12)15(4,16)11-9-7-6-8-10-11/h6-10H,5,16H2,1-4H3. The van der Waals surface area contributed by atoms with Crippen molar-refractivity contribution < 1.29 is 9.26 Å². The highest BCUT2D eigenvalue weighted by atomic mass is 16.5. The molecule has 108 valence electrons. The van der Waals surface area contributed by atoms with Crippen molar-refractivity contribution in [1.29, 1.82) is 0 Å². The molecule has 0 saturated carbocycles. The molecule has 0 radical (unpaired) electrons. The molecule has 5 nitrogen and oxygen atoms in total. The first-order valence-corrected chi connectivity index (χ1v) is 6.71. The summed E-state index contributed by atoms with van der Waals surface area (Å²) in [5.41, 5.74) is 5.86. The normalized spacial score (nSPS) is 15.1. The average Bonchev–Trinajstić information content (AvgIpc) is 2.91. The van der Waals surface area contributed by atoms with E-state index in [1.165, 1.54) is 0 Å². The Morgan fingerprint density at radius 1 is 1.20 bits per heavy atom. The summed E-state index contributed by atoms with van der Waals surface area (Å²) in [6, 6.07) is 9.69. The zero-order valence-corrected chi connectivity index (χ0v) is 12.4. The van der Waals surface area contributed by atoms with Crippen LogP contribution in [0.15, 0.2) is 34.9 Å². The zero-order chi connectivity index (χ0) is 14.8. The molecule has 0 spiro atoms. The van der Waals surface area contributed by atoms with E-state index in [0.29, 0.717) is 18.3 Å². The number of aromatic nitrogens is 2. The van der Waals surface area contributed by atoms with Gasteiger partial charge in [-0.05, 0) is 33.3 Å². The summed E-state index contributed by atoms with van der Waals surface area (Å²) >= 11 is 0. The molecule has 0 aliphatic rings. The van der Waals surface area contributed by atoms with Gasteiger partial charge in [0, 0.05) is 6.61 Å². The minimum atomic E-state index is -0.825. The van der Waals surface area contributed by atoms with Gasteiger partial charge in [0.15, 0.2) is 0 Å². The second kappa shape index (κ2) is 5.34. The maximum atomic E-state index is 6.35. The van der Waals surface area contributed by atoms with Crippen LogP contribution < -0.4 is 5.73 Å². The van der Waals surface area contributed by atoms with Crippen molar-refractivity contribution in [3.63, 3.8) is 0 Å². The van der Waals surface area contributed by atoms with Gasteiger partial charge in [-0.3, -0.25) is 0 Å². The summed E-state index contributed by atoms with van der Waals surface area (Å²) < 4.78 is 11.0. The van der Waals surface area contributed by atoms with Crippen molar-refractivity contribution in [3.8, 4) is 0 Å². The third kappa shape index (κ3) is 2.73. The molecule has 1 aromatic heterocycles. The fourth-order valence-electron chi connectivity index (χ4n) is 2.01. The van der Waals surface area contributed by atoms with Gasteiger partial charge >= 0.3 is 0 Å². The second-order valence-corrected chi connectivity index (χ2v) is 5.43.